The van der Waals surface area contributed by atoms with Crippen LogP contribution in [0, 0.1) is 0 Å². The molecule has 4 aromatic heterocycles. The predicted molar refractivity (Wildman–Crippen MR) is 299 cm³/mol. The average molecular weight is 893 g/mol. The molecule has 0 saturated heterocycles. The summed E-state index contributed by atoms with van der Waals surface area (Å²) < 4.78 is 5.44. The van der Waals surface area contributed by atoms with Crippen molar-refractivity contribution in [2.24, 2.45) is 0 Å². The van der Waals surface area contributed by atoms with E-state index in [1.165, 1.54) is 132 Å². The molecule has 0 bridgehead atoms. The second-order valence-electron chi connectivity index (χ2n) is 26.8. The monoisotopic (exact) mass is 893 g/mol. The van der Waals surface area contributed by atoms with Gasteiger partial charge in [0, 0.05) is 43.1 Å². The molecular weight excluding hydrogens is 821 g/mol. The first kappa shape index (κ1) is 44.6. The average Bonchev–Trinajstić information content (AvgIpc) is 3.96. The van der Waals surface area contributed by atoms with Crippen molar-refractivity contribution < 1.29 is 0 Å². The molecule has 0 N–H and O–H groups in total. The Hall–Kier alpha value is -5.86. The molecule has 0 aliphatic heterocycles. The van der Waals surface area contributed by atoms with Crippen molar-refractivity contribution in [1.82, 2.24) is 8.80 Å². The summed E-state index contributed by atoms with van der Waals surface area (Å²) in [6.07, 6.45) is 0. The summed E-state index contributed by atoms with van der Waals surface area (Å²) in [5.74, 6) is 0. The molecule has 68 heavy (non-hydrogen) atoms. The fraction of sp³-hybridized carbons (Fsp3) is 0.364. The van der Waals surface area contributed by atoms with Crippen LogP contribution in [0.4, 0.5) is 0 Å². The van der Waals surface area contributed by atoms with Crippen LogP contribution in [-0.2, 0) is 32.5 Å². The van der Waals surface area contributed by atoms with Gasteiger partial charge >= 0.3 is 0 Å². The maximum atomic E-state index is 2.72. The number of fused-ring (bicyclic) bond motifs is 14. The Morgan fingerprint density at radius 2 is 0.544 bits per heavy atom. The fourth-order valence-corrected chi connectivity index (χ4v) is 11.6. The first-order valence-electron chi connectivity index (χ1n) is 25.3. The molecule has 11 aromatic rings. The van der Waals surface area contributed by atoms with Crippen LogP contribution in [0.3, 0.4) is 0 Å². The summed E-state index contributed by atoms with van der Waals surface area (Å²) in [4.78, 5) is 0. The summed E-state index contributed by atoms with van der Waals surface area (Å²) in [7, 11) is 0. The maximum absolute atomic E-state index is 2.72. The lowest BCUT2D eigenvalue weighted by Gasteiger charge is -2.26. The summed E-state index contributed by atoms with van der Waals surface area (Å²) in [5, 5.41) is 10.9. The number of nitrogens with zero attached hydrogens (tertiary/aromatic N) is 2. The van der Waals surface area contributed by atoms with Gasteiger partial charge in [0.05, 0.1) is 33.1 Å². The van der Waals surface area contributed by atoms with Crippen molar-refractivity contribution in [1.29, 1.82) is 0 Å². The minimum Gasteiger partial charge on any atom is -0.308 e. The highest BCUT2D eigenvalue weighted by Gasteiger charge is 2.35. The van der Waals surface area contributed by atoms with Crippen LogP contribution in [0.15, 0.2) is 109 Å². The molecule has 0 aliphatic carbocycles. The standard InChI is InChI=1S/C66H72N2/c1-61(2,3)41-25-19-37(20-26-41)39-23-29-45-51(31-39)67-57-47(33-43(63(7,8)9)35-49(57)65(13,14)15)56-54-46-30-24-40(38-21-27-42(28-22-38)62(4,5)6)32-52(46)68-58-48(55(60(54)68)53(45)59(56)67)34-44(64(10,11)12)36-50(58)66(16,17)18/h19-36H,1-18H3. The lowest BCUT2D eigenvalue weighted by Crippen LogP contribution is -2.17. The summed E-state index contributed by atoms with van der Waals surface area (Å²) in [6.45, 7) is 42.5. The molecule has 7 aromatic carbocycles. The molecule has 0 aliphatic rings. The molecule has 0 amide bonds. The quantitative estimate of drug-likeness (QED) is 0.163. The fourth-order valence-electron chi connectivity index (χ4n) is 11.6. The van der Waals surface area contributed by atoms with E-state index in [9.17, 15) is 0 Å². The predicted octanol–water partition coefficient (Wildman–Crippen LogP) is 19.1. The number of hydrogen-bond donors (Lipinski definition) is 0. The maximum Gasteiger partial charge on any atom is 0.0634 e. The smallest absolute Gasteiger partial charge is 0.0634 e. The Morgan fingerprint density at radius 1 is 0.250 bits per heavy atom. The van der Waals surface area contributed by atoms with E-state index < -0.39 is 0 Å². The topological polar surface area (TPSA) is 8.82 Å². The van der Waals surface area contributed by atoms with Gasteiger partial charge in [-0.25, -0.2) is 0 Å². The summed E-state index contributed by atoms with van der Waals surface area (Å²) >= 11 is 0. The van der Waals surface area contributed by atoms with E-state index in [1.807, 2.05) is 0 Å². The van der Waals surface area contributed by atoms with Crippen molar-refractivity contribution in [2.75, 3.05) is 0 Å². The van der Waals surface area contributed by atoms with Crippen LogP contribution in [0.2, 0.25) is 0 Å². The van der Waals surface area contributed by atoms with Crippen LogP contribution >= 0.6 is 0 Å². The van der Waals surface area contributed by atoms with Crippen molar-refractivity contribution in [2.45, 2.75) is 157 Å². The minimum atomic E-state index is -0.114. The van der Waals surface area contributed by atoms with Gasteiger partial charge in [-0.2, -0.15) is 0 Å². The van der Waals surface area contributed by atoms with E-state index in [0.29, 0.717) is 0 Å². The highest BCUT2D eigenvalue weighted by Crippen LogP contribution is 2.55. The Bertz CT molecular complexity index is 3580. The third-order valence-electron chi connectivity index (χ3n) is 15.6. The van der Waals surface area contributed by atoms with Gasteiger partial charge in [-0.3, -0.25) is 0 Å². The molecule has 0 saturated carbocycles. The van der Waals surface area contributed by atoms with E-state index in [2.05, 4.69) is 243 Å². The Kier molecular flexibility index (Phi) is 9.12. The number of aromatic nitrogens is 2. The minimum absolute atomic E-state index is 0.0422. The second kappa shape index (κ2) is 13.9. The third kappa shape index (κ3) is 6.48. The molecule has 0 spiro atoms. The van der Waals surface area contributed by atoms with E-state index in [-0.39, 0.29) is 32.5 Å². The molecule has 346 valence electrons. The number of benzene rings is 7. The van der Waals surface area contributed by atoms with E-state index in [4.69, 9.17) is 0 Å². The van der Waals surface area contributed by atoms with Gasteiger partial charge in [0.25, 0.3) is 0 Å². The normalized spacial score (nSPS) is 14.0. The molecule has 2 heteroatoms. The number of hydrogen-bond acceptors (Lipinski definition) is 0. The van der Waals surface area contributed by atoms with Crippen molar-refractivity contribution >= 4 is 76.2 Å². The summed E-state index contributed by atoms with van der Waals surface area (Å²) in [5.41, 5.74) is 21.1. The first-order valence-corrected chi connectivity index (χ1v) is 25.3. The Balaban J connectivity index is 1.41. The zero-order valence-electron chi connectivity index (χ0n) is 44.3. The van der Waals surface area contributed by atoms with Crippen molar-refractivity contribution in [3.05, 3.63) is 143 Å². The molecule has 4 heterocycles. The lowest BCUT2D eigenvalue weighted by molar-refractivity contribution is 0.571. The van der Waals surface area contributed by atoms with Crippen LogP contribution in [0.1, 0.15) is 158 Å². The van der Waals surface area contributed by atoms with Gasteiger partial charge in [-0.05, 0) is 112 Å². The van der Waals surface area contributed by atoms with Crippen LogP contribution in [0.5, 0.6) is 0 Å². The van der Waals surface area contributed by atoms with Gasteiger partial charge in [0.1, 0.15) is 0 Å². The SMILES string of the molecule is CC(C)(C)c1ccc(-c2ccc3c4c5c6cc(C(C)(C)C)cc(C(C)(C)C)c6n6c7cc(-c8ccc(C(C)(C)C)cc8)ccc7c(c7c8cc(C(C)(C)C)cc(C(C)(C)C)c8n(c3c2)c47)c56)cc1. The first-order chi connectivity index (χ1) is 31.5. The third-order valence-corrected chi connectivity index (χ3v) is 15.6. The Morgan fingerprint density at radius 3 is 0.838 bits per heavy atom. The highest BCUT2D eigenvalue weighted by atomic mass is 15.0. The number of rotatable bonds is 2. The van der Waals surface area contributed by atoms with Gasteiger partial charge in [-0.1, -0.05) is 210 Å². The van der Waals surface area contributed by atoms with E-state index in [0.717, 1.165) is 0 Å². The van der Waals surface area contributed by atoms with E-state index in [1.54, 1.807) is 0 Å². The highest BCUT2D eigenvalue weighted by molar-refractivity contribution is 6.45. The lowest BCUT2D eigenvalue weighted by atomic mass is 9.79. The van der Waals surface area contributed by atoms with Crippen LogP contribution in [0.25, 0.3) is 98.4 Å². The summed E-state index contributed by atoms with van der Waals surface area (Å²) in [6, 6.07) is 43.6. The van der Waals surface area contributed by atoms with Crippen LogP contribution < -0.4 is 0 Å². The van der Waals surface area contributed by atoms with E-state index >= 15 is 0 Å². The van der Waals surface area contributed by atoms with Gasteiger partial charge in [-0.15, -0.1) is 0 Å². The molecular formula is C66H72N2. The zero-order chi connectivity index (χ0) is 48.7. The molecule has 0 unspecified atom stereocenters. The van der Waals surface area contributed by atoms with Crippen molar-refractivity contribution in [3.63, 3.8) is 0 Å². The van der Waals surface area contributed by atoms with Crippen molar-refractivity contribution in [3.8, 4) is 22.3 Å². The molecule has 0 radical (unpaired) electrons. The van der Waals surface area contributed by atoms with Gasteiger partial charge in [0.15, 0.2) is 0 Å². The molecule has 11 rings (SSSR count). The molecule has 0 fully saturated rings. The zero-order valence-corrected chi connectivity index (χ0v) is 44.3. The largest absolute Gasteiger partial charge is 0.308 e. The van der Waals surface area contributed by atoms with Gasteiger partial charge < -0.3 is 8.80 Å². The van der Waals surface area contributed by atoms with Gasteiger partial charge in [0.2, 0.25) is 0 Å². The Labute approximate surface area is 405 Å². The van der Waals surface area contributed by atoms with Crippen LogP contribution in [-0.4, -0.2) is 8.80 Å². The molecule has 0 atom stereocenters. The molecule has 2 nitrogen and oxygen atoms in total. The second-order valence-corrected chi connectivity index (χ2v) is 26.8.